The Bertz CT molecular complexity index is 1000. The highest BCUT2D eigenvalue weighted by atomic mass is 16.5. The van der Waals surface area contributed by atoms with Crippen LogP contribution in [-0.4, -0.2) is 24.9 Å². The van der Waals surface area contributed by atoms with Gasteiger partial charge in [-0.25, -0.2) is 14.6 Å². The molecule has 25 heavy (non-hydrogen) atoms. The summed E-state index contributed by atoms with van der Waals surface area (Å²) in [5.41, 5.74) is 3.64. The molecular weight excluding hydrogens is 316 g/mol. The van der Waals surface area contributed by atoms with Crippen molar-refractivity contribution in [1.82, 2.24) is 24.9 Å². The van der Waals surface area contributed by atoms with E-state index in [-0.39, 0.29) is 6.04 Å². The van der Waals surface area contributed by atoms with E-state index in [4.69, 9.17) is 4.52 Å². The largest absolute Gasteiger partial charge is 0.363 e. The molecule has 1 aromatic carbocycles. The summed E-state index contributed by atoms with van der Waals surface area (Å²) >= 11 is 0. The zero-order valence-electron chi connectivity index (χ0n) is 14.3. The normalized spacial score (nSPS) is 12.4. The van der Waals surface area contributed by atoms with Gasteiger partial charge in [0.25, 0.3) is 0 Å². The van der Waals surface area contributed by atoms with Gasteiger partial charge < -0.3 is 9.84 Å². The van der Waals surface area contributed by atoms with Gasteiger partial charge in [0.1, 0.15) is 17.9 Å². The Kier molecular flexibility index (Phi) is 3.68. The van der Waals surface area contributed by atoms with E-state index < -0.39 is 0 Å². The maximum absolute atomic E-state index is 5.26. The van der Waals surface area contributed by atoms with Crippen molar-refractivity contribution >= 4 is 16.9 Å². The number of aromatic nitrogens is 5. The standard InChI is InChI=1S/C18H18N6O/c1-11(16-12(2)23-25-13(16)3)22-17-15-9-21-24(18(15)20-10-19-17)14-7-5-4-6-8-14/h4-11H,1-3H3,(H,19,20,22). The van der Waals surface area contributed by atoms with E-state index in [1.807, 2.05) is 48.9 Å². The van der Waals surface area contributed by atoms with Crippen LogP contribution in [-0.2, 0) is 0 Å². The summed E-state index contributed by atoms with van der Waals surface area (Å²) in [6.07, 6.45) is 3.33. The molecule has 0 saturated carbocycles. The Balaban J connectivity index is 1.73. The summed E-state index contributed by atoms with van der Waals surface area (Å²) in [5.74, 6) is 1.54. The van der Waals surface area contributed by atoms with Crippen LogP contribution < -0.4 is 5.32 Å². The highest BCUT2D eigenvalue weighted by Gasteiger charge is 2.18. The minimum absolute atomic E-state index is 0.00410. The summed E-state index contributed by atoms with van der Waals surface area (Å²) < 4.78 is 7.07. The molecule has 0 amide bonds. The molecule has 3 heterocycles. The monoisotopic (exact) mass is 334 g/mol. The van der Waals surface area contributed by atoms with Gasteiger partial charge >= 0.3 is 0 Å². The van der Waals surface area contributed by atoms with Crippen molar-refractivity contribution < 1.29 is 4.52 Å². The van der Waals surface area contributed by atoms with E-state index in [2.05, 4.69) is 32.5 Å². The third-order valence-corrected chi connectivity index (χ3v) is 4.24. The Hall–Kier alpha value is -3.22. The second-order valence-corrected chi connectivity index (χ2v) is 5.96. The first-order valence-corrected chi connectivity index (χ1v) is 8.08. The van der Waals surface area contributed by atoms with Crippen LogP contribution in [0.1, 0.15) is 30.0 Å². The van der Waals surface area contributed by atoms with Crippen molar-refractivity contribution in [3.8, 4) is 5.69 Å². The zero-order valence-corrected chi connectivity index (χ0v) is 14.3. The predicted molar refractivity (Wildman–Crippen MR) is 94.7 cm³/mol. The van der Waals surface area contributed by atoms with Crippen LogP contribution in [0.2, 0.25) is 0 Å². The molecule has 3 aromatic heterocycles. The van der Waals surface area contributed by atoms with Crippen molar-refractivity contribution in [2.24, 2.45) is 0 Å². The Morgan fingerprint density at radius 1 is 1.12 bits per heavy atom. The SMILES string of the molecule is Cc1noc(C)c1C(C)Nc1ncnc2c1cnn2-c1ccccc1. The fourth-order valence-electron chi connectivity index (χ4n) is 3.10. The molecular formula is C18H18N6O. The van der Waals surface area contributed by atoms with E-state index in [1.54, 1.807) is 12.5 Å². The molecule has 4 aromatic rings. The maximum atomic E-state index is 5.26. The predicted octanol–water partition coefficient (Wildman–Crippen LogP) is 3.59. The van der Waals surface area contributed by atoms with Crippen molar-refractivity contribution in [2.45, 2.75) is 26.8 Å². The number of hydrogen-bond acceptors (Lipinski definition) is 6. The molecule has 4 rings (SSSR count). The summed E-state index contributed by atoms with van der Waals surface area (Å²) in [7, 11) is 0. The lowest BCUT2D eigenvalue weighted by atomic mass is 10.1. The second kappa shape index (κ2) is 6.01. The number of fused-ring (bicyclic) bond motifs is 1. The lowest BCUT2D eigenvalue weighted by Gasteiger charge is -2.14. The average molecular weight is 334 g/mol. The van der Waals surface area contributed by atoms with Crippen LogP contribution >= 0.6 is 0 Å². The van der Waals surface area contributed by atoms with E-state index in [1.165, 1.54) is 0 Å². The van der Waals surface area contributed by atoms with Gasteiger partial charge in [-0.3, -0.25) is 0 Å². The molecule has 0 aliphatic carbocycles. The Morgan fingerprint density at radius 3 is 2.64 bits per heavy atom. The number of para-hydroxylation sites is 1. The van der Waals surface area contributed by atoms with Gasteiger partial charge in [-0.2, -0.15) is 5.10 Å². The highest BCUT2D eigenvalue weighted by molar-refractivity contribution is 5.87. The summed E-state index contributed by atoms with van der Waals surface area (Å²) in [6.45, 7) is 5.91. The molecule has 126 valence electrons. The molecule has 7 nitrogen and oxygen atoms in total. The lowest BCUT2D eigenvalue weighted by molar-refractivity contribution is 0.392. The topological polar surface area (TPSA) is 81.7 Å². The van der Waals surface area contributed by atoms with Crippen LogP contribution in [0.25, 0.3) is 16.7 Å². The molecule has 1 N–H and O–H groups in total. The first kappa shape index (κ1) is 15.3. The molecule has 0 bridgehead atoms. The molecule has 0 aliphatic heterocycles. The smallest absolute Gasteiger partial charge is 0.168 e. The summed E-state index contributed by atoms with van der Waals surface area (Å²) in [6, 6.07) is 9.92. The van der Waals surface area contributed by atoms with Crippen LogP contribution in [0.3, 0.4) is 0 Å². The number of rotatable bonds is 4. The molecule has 7 heteroatoms. The Labute approximate surface area is 144 Å². The van der Waals surface area contributed by atoms with Crippen molar-refractivity contribution in [3.63, 3.8) is 0 Å². The van der Waals surface area contributed by atoms with Gasteiger partial charge in [0, 0.05) is 5.56 Å². The van der Waals surface area contributed by atoms with E-state index >= 15 is 0 Å². The van der Waals surface area contributed by atoms with E-state index in [9.17, 15) is 0 Å². The van der Waals surface area contributed by atoms with Gasteiger partial charge in [-0.15, -0.1) is 0 Å². The minimum atomic E-state index is 0.00410. The van der Waals surface area contributed by atoms with Crippen molar-refractivity contribution in [1.29, 1.82) is 0 Å². The zero-order chi connectivity index (χ0) is 17.4. The van der Waals surface area contributed by atoms with Gasteiger partial charge in [-0.1, -0.05) is 23.4 Å². The fraction of sp³-hybridized carbons (Fsp3) is 0.222. The molecule has 0 spiro atoms. The van der Waals surface area contributed by atoms with E-state index in [0.29, 0.717) is 0 Å². The van der Waals surface area contributed by atoms with Crippen LogP contribution in [0.15, 0.2) is 47.4 Å². The molecule has 1 unspecified atom stereocenters. The van der Waals surface area contributed by atoms with Crippen LogP contribution in [0.5, 0.6) is 0 Å². The fourth-order valence-corrected chi connectivity index (χ4v) is 3.10. The number of hydrogen-bond donors (Lipinski definition) is 1. The van der Waals surface area contributed by atoms with Gasteiger partial charge in [0.2, 0.25) is 0 Å². The third-order valence-electron chi connectivity index (χ3n) is 4.24. The van der Waals surface area contributed by atoms with Crippen molar-refractivity contribution in [2.75, 3.05) is 5.32 Å². The van der Waals surface area contributed by atoms with Gasteiger partial charge in [0.05, 0.1) is 29.0 Å². The average Bonchev–Trinajstić information content (AvgIpc) is 3.20. The number of aryl methyl sites for hydroxylation is 2. The molecule has 0 radical (unpaired) electrons. The molecule has 0 fully saturated rings. The molecule has 0 saturated heterocycles. The first-order valence-electron chi connectivity index (χ1n) is 8.08. The number of nitrogens with one attached hydrogen (secondary N) is 1. The van der Waals surface area contributed by atoms with Crippen LogP contribution in [0.4, 0.5) is 5.82 Å². The quantitative estimate of drug-likeness (QED) is 0.614. The molecule has 1 atom stereocenters. The summed E-state index contributed by atoms with van der Waals surface area (Å²) in [4.78, 5) is 8.80. The summed E-state index contributed by atoms with van der Waals surface area (Å²) in [5, 5.41) is 12.8. The first-order chi connectivity index (χ1) is 12.1. The van der Waals surface area contributed by atoms with E-state index in [0.717, 1.165) is 39.6 Å². The van der Waals surface area contributed by atoms with Gasteiger partial charge in [-0.05, 0) is 32.9 Å². The number of benzene rings is 1. The second-order valence-electron chi connectivity index (χ2n) is 5.96. The number of nitrogens with zero attached hydrogens (tertiary/aromatic N) is 5. The lowest BCUT2D eigenvalue weighted by Crippen LogP contribution is -2.10. The van der Waals surface area contributed by atoms with Crippen LogP contribution in [0, 0.1) is 13.8 Å². The third kappa shape index (κ3) is 2.63. The van der Waals surface area contributed by atoms with Crippen molar-refractivity contribution in [3.05, 3.63) is 59.9 Å². The van der Waals surface area contributed by atoms with Gasteiger partial charge in [0.15, 0.2) is 5.65 Å². The molecule has 0 aliphatic rings. The maximum Gasteiger partial charge on any atom is 0.168 e. The minimum Gasteiger partial charge on any atom is -0.363 e. The number of anilines is 1. The Morgan fingerprint density at radius 2 is 1.92 bits per heavy atom. The highest BCUT2D eigenvalue weighted by Crippen LogP contribution is 2.28.